The van der Waals surface area contributed by atoms with Gasteiger partial charge in [-0.25, -0.2) is 14.5 Å². The normalized spacial score (nSPS) is 11.2. The lowest BCUT2D eigenvalue weighted by Gasteiger charge is -2.03. The average Bonchev–Trinajstić information content (AvgIpc) is 3.33. The first kappa shape index (κ1) is 16.3. The summed E-state index contributed by atoms with van der Waals surface area (Å²) in [4.78, 5) is 20.4. The minimum absolute atomic E-state index is 0.343. The lowest BCUT2D eigenvalue weighted by Crippen LogP contribution is -2.15. The summed E-state index contributed by atoms with van der Waals surface area (Å²) in [5.41, 5.74) is 1.66. The summed E-state index contributed by atoms with van der Waals surface area (Å²) in [6.07, 6.45) is 3.22. The molecule has 4 rings (SSSR count). The first-order chi connectivity index (χ1) is 12.6. The van der Waals surface area contributed by atoms with Gasteiger partial charge in [0.05, 0.1) is 23.3 Å². The van der Waals surface area contributed by atoms with Gasteiger partial charge in [0.2, 0.25) is 0 Å². The number of hydrogen-bond acceptors (Lipinski definition) is 9. The van der Waals surface area contributed by atoms with Gasteiger partial charge in [0.15, 0.2) is 11.0 Å². The van der Waals surface area contributed by atoms with Crippen LogP contribution in [-0.4, -0.2) is 35.0 Å². The molecular weight excluding hydrogens is 358 g/mol. The summed E-state index contributed by atoms with van der Waals surface area (Å²) in [7, 11) is 0. The Morgan fingerprint density at radius 1 is 1.27 bits per heavy atom. The van der Waals surface area contributed by atoms with Crippen molar-refractivity contribution in [2.75, 3.05) is 0 Å². The Balaban J connectivity index is 1.56. The van der Waals surface area contributed by atoms with Gasteiger partial charge >= 0.3 is 5.69 Å². The minimum Gasteiger partial charge on any atom is -0.361 e. The number of thioether (sulfide) groups is 1. The van der Waals surface area contributed by atoms with Gasteiger partial charge in [-0.1, -0.05) is 22.1 Å². The molecule has 0 amide bonds. The molecule has 0 aromatic carbocycles. The predicted octanol–water partition coefficient (Wildman–Crippen LogP) is 1.90. The van der Waals surface area contributed by atoms with E-state index in [1.54, 1.807) is 38.4 Å². The van der Waals surface area contributed by atoms with Gasteiger partial charge in [-0.05, 0) is 26.0 Å². The fraction of sp³-hybridized carbons (Fsp3) is 0.200. The van der Waals surface area contributed by atoms with E-state index < -0.39 is 0 Å². The lowest BCUT2D eigenvalue weighted by molar-refractivity contribution is 0.392. The van der Waals surface area contributed by atoms with Crippen molar-refractivity contribution >= 4 is 11.8 Å². The molecule has 4 aromatic heterocycles. The third kappa shape index (κ3) is 2.92. The fourth-order valence-electron chi connectivity index (χ4n) is 2.42. The van der Waals surface area contributed by atoms with E-state index in [1.165, 1.54) is 16.3 Å². The summed E-state index contributed by atoms with van der Waals surface area (Å²) >= 11 is 1.30. The molecule has 4 heterocycles. The van der Waals surface area contributed by atoms with Crippen molar-refractivity contribution in [3.63, 3.8) is 0 Å². The van der Waals surface area contributed by atoms with Gasteiger partial charge in [0.1, 0.15) is 11.3 Å². The van der Waals surface area contributed by atoms with E-state index in [0.29, 0.717) is 45.3 Å². The molecule has 4 aromatic rings. The highest BCUT2D eigenvalue weighted by atomic mass is 32.2. The zero-order valence-corrected chi connectivity index (χ0v) is 14.6. The molecule has 0 spiro atoms. The van der Waals surface area contributed by atoms with Crippen LogP contribution in [0.4, 0.5) is 0 Å². The molecule has 0 aliphatic heterocycles. The monoisotopic (exact) mass is 371 g/mol. The molecule has 0 saturated heterocycles. The van der Waals surface area contributed by atoms with Gasteiger partial charge in [-0.15, -0.1) is 5.10 Å². The van der Waals surface area contributed by atoms with Gasteiger partial charge in [-0.2, -0.15) is 4.98 Å². The highest BCUT2D eigenvalue weighted by molar-refractivity contribution is 7.98. The highest BCUT2D eigenvalue weighted by Gasteiger charge is 2.19. The van der Waals surface area contributed by atoms with E-state index in [-0.39, 0.29) is 5.69 Å². The number of rotatable bonds is 5. The Hall–Kier alpha value is -3.21. The van der Waals surface area contributed by atoms with Crippen molar-refractivity contribution in [1.29, 1.82) is 0 Å². The maximum Gasteiger partial charge on any atom is 0.348 e. The van der Waals surface area contributed by atoms with Gasteiger partial charge in [0.25, 0.3) is 5.89 Å². The van der Waals surface area contributed by atoms with E-state index in [0.717, 1.165) is 0 Å². The quantitative estimate of drug-likeness (QED) is 0.523. The van der Waals surface area contributed by atoms with Gasteiger partial charge in [-0.3, -0.25) is 4.98 Å². The van der Waals surface area contributed by atoms with Crippen LogP contribution >= 0.6 is 11.8 Å². The topological polar surface area (TPSA) is 129 Å². The van der Waals surface area contributed by atoms with E-state index >= 15 is 0 Å². The Morgan fingerprint density at radius 2 is 2.15 bits per heavy atom. The first-order valence-electron chi connectivity index (χ1n) is 7.60. The fourth-order valence-corrected chi connectivity index (χ4v) is 3.23. The van der Waals surface area contributed by atoms with Crippen LogP contribution in [0.2, 0.25) is 0 Å². The van der Waals surface area contributed by atoms with Crippen molar-refractivity contribution < 1.29 is 9.05 Å². The van der Waals surface area contributed by atoms with Crippen LogP contribution in [0.15, 0.2) is 43.5 Å². The molecule has 0 aliphatic rings. The van der Waals surface area contributed by atoms with Crippen LogP contribution in [0.5, 0.6) is 0 Å². The molecule has 0 fully saturated rings. The first-order valence-corrected chi connectivity index (χ1v) is 8.58. The largest absolute Gasteiger partial charge is 0.361 e. The Bertz CT molecular complexity index is 1080. The van der Waals surface area contributed by atoms with Gasteiger partial charge in [0, 0.05) is 6.20 Å². The summed E-state index contributed by atoms with van der Waals surface area (Å²) < 4.78 is 11.9. The van der Waals surface area contributed by atoms with Crippen LogP contribution < -0.4 is 5.69 Å². The van der Waals surface area contributed by atoms with Crippen molar-refractivity contribution in [1.82, 2.24) is 35.0 Å². The molecule has 0 bridgehead atoms. The van der Waals surface area contributed by atoms with Crippen molar-refractivity contribution in [3.05, 3.63) is 52.3 Å². The van der Waals surface area contributed by atoms with Crippen molar-refractivity contribution in [2.45, 2.75) is 24.8 Å². The summed E-state index contributed by atoms with van der Waals surface area (Å²) in [6.45, 7) is 3.59. The van der Waals surface area contributed by atoms with E-state index in [4.69, 9.17) is 9.05 Å². The van der Waals surface area contributed by atoms with E-state index in [9.17, 15) is 4.79 Å². The maximum atomic E-state index is 12.0. The highest BCUT2D eigenvalue weighted by Crippen LogP contribution is 2.26. The Kier molecular flexibility index (Phi) is 4.13. The number of nitrogens with one attached hydrogen (secondary N) is 1. The third-order valence-electron chi connectivity index (χ3n) is 3.59. The maximum absolute atomic E-state index is 12.0. The second-order valence-electron chi connectivity index (χ2n) is 5.36. The second kappa shape index (κ2) is 6.59. The smallest absolute Gasteiger partial charge is 0.348 e. The molecule has 10 nitrogen and oxygen atoms in total. The van der Waals surface area contributed by atoms with E-state index in [1.807, 2.05) is 0 Å². The number of aryl methyl sites for hydroxylation is 2. The zero-order chi connectivity index (χ0) is 18.1. The standard InChI is InChI=1S/C15H13N7O3S/c1-8-12(9(2)24-20-8)13-17-11(21-25-13)7-26-15-19-18-14(23)22(15)10-4-3-5-16-6-10/h3-6H,7H2,1-2H3,(H,18,23). The lowest BCUT2D eigenvalue weighted by atomic mass is 10.2. The Morgan fingerprint density at radius 3 is 2.88 bits per heavy atom. The summed E-state index contributed by atoms with van der Waals surface area (Å²) in [5, 5.41) is 14.8. The number of hydrogen-bond donors (Lipinski definition) is 1. The average molecular weight is 371 g/mol. The van der Waals surface area contributed by atoms with Crippen LogP contribution in [0.3, 0.4) is 0 Å². The van der Waals surface area contributed by atoms with Crippen LogP contribution in [-0.2, 0) is 5.75 Å². The molecule has 1 N–H and O–H groups in total. The van der Waals surface area contributed by atoms with Crippen LogP contribution in [0, 0.1) is 13.8 Å². The number of nitrogens with zero attached hydrogens (tertiary/aromatic N) is 6. The molecule has 0 unspecified atom stereocenters. The van der Waals surface area contributed by atoms with Crippen molar-refractivity contribution in [2.24, 2.45) is 0 Å². The molecule has 11 heteroatoms. The molecule has 0 radical (unpaired) electrons. The molecular formula is C15H13N7O3S. The molecule has 26 heavy (non-hydrogen) atoms. The van der Waals surface area contributed by atoms with E-state index in [2.05, 4.69) is 30.5 Å². The number of pyridine rings is 1. The van der Waals surface area contributed by atoms with Crippen LogP contribution in [0.25, 0.3) is 17.1 Å². The molecule has 0 saturated carbocycles. The molecule has 132 valence electrons. The second-order valence-corrected chi connectivity index (χ2v) is 6.30. The zero-order valence-electron chi connectivity index (χ0n) is 13.8. The number of aromatic amines is 1. The Labute approximate surface area is 150 Å². The van der Waals surface area contributed by atoms with Crippen molar-refractivity contribution in [3.8, 4) is 17.1 Å². The third-order valence-corrected chi connectivity index (χ3v) is 4.53. The summed E-state index contributed by atoms with van der Waals surface area (Å²) in [6, 6.07) is 3.52. The SMILES string of the molecule is Cc1noc(C)c1-c1nc(CSc2n[nH]c(=O)n2-c2cccnc2)no1. The predicted molar refractivity (Wildman–Crippen MR) is 90.8 cm³/mol. The van der Waals surface area contributed by atoms with Gasteiger partial charge < -0.3 is 9.05 Å². The molecule has 0 atom stereocenters. The molecule has 0 aliphatic carbocycles. The van der Waals surface area contributed by atoms with Crippen LogP contribution in [0.1, 0.15) is 17.3 Å². The summed E-state index contributed by atoms with van der Waals surface area (Å²) in [5.74, 6) is 1.81. The number of aromatic nitrogens is 7. The number of H-pyrrole nitrogens is 1. The minimum atomic E-state index is -0.343.